The molecule has 5 heteroatoms. The van der Waals surface area contributed by atoms with E-state index in [0.29, 0.717) is 19.4 Å². The monoisotopic (exact) mass is 186 g/mol. The number of aliphatic carboxylic acids is 1. The normalized spacial score (nSPS) is 16.4. The van der Waals surface area contributed by atoms with Crippen LogP contribution in [-0.4, -0.2) is 30.8 Å². The van der Waals surface area contributed by atoms with Crippen LogP contribution in [0.5, 0.6) is 0 Å². The average molecular weight is 186 g/mol. The molecule has 0 saturated carbocycles. The number of methoxy groups -OCH3 is 1. The van der Waals surface area contributed by atoms with Crippen molar-refractivity contribution < 1.29 is 24.2 Å². The Kier molecular flexibility index (Phi) is 2.89. The smallest absolute Gasteiger partial charge is 0.371 e. The van der Waals surface area contributed by atoms with Gasteiger partial charge in [0, 0.05) is 0 Å². The van der Waals surface area contributed by atoms with E-state index in [2.05, 4.69) is 4.74 Å². The summed E-state index contributed by atoms with van der Waals surface area (Å²) in [4.78, 5) is 21.7. The zero-order valence-electron chi connectivity index (χ0n) is 7.20. The van der Waals surface area contributed by atoms with Crippen molar-refractivity contribution in [3.05, 3.63) is 11.3 Å². The first-order valence-electron chi connectivity index (χ1n) is 3.84. The molecule has 0 fully saturated rings. The lowest BCUT2D eigenvalue weighted by molar-refractivity contribution is -0.141. The molecule has 0 bridgehead atoms. The van der Waals surface area contributed by atoms with E-state index in [1.54, 1.807) is 0 Å². The fourth-order valence-corrected chi connectivity index (χ4v) is 1.13. The molecule has 1 rings (SSSR count). The third-order valence-electron chi connectivity index (χ3n) is 1.72. The van der Waals surface area contributed by atoms with Crippen LogP contribution < -0.4 is 0 Å². The van der Waals surface area contributed by atoms with E-state index in [-0.39, 0.29) is 11.3 Å². The van der Waals surface area contributed by atoms with Crippen molar-refractivity contribution in [1.82, 2.24) is 0 Å². The second kappa shape index (κ2) is 3.93. The molecule has 0 aromatic heterocycles. The van der Waals surface area contributed by atoms with Crippen molar-refractivity contribution >= 4 is 11.9 Å². The summed E-state index contributed by atoms with van der Waals surface area (Å²) in [6.07, 6.45) is 1.04. The number of esters is 1. The van der Waals surface area contributed by atoms with Crippen LogP contribution in [0.2, 0.25) is 0 Å². The van der Waals surface area contributed by atoms with Crippen LogP contribution in [0.25, 0.3) is 0 Å². The van der Waals surface area contributed by atoms with Crippen LogP contribution in [0.3, 0.4) is 0 Å². The highest BCUT2D eigenvalue weighted by Gasteiger charge is 2.25. The molecule has 1 heterocycles. The van der Waals surface area contributed by atoms with Gasteiger partial charge in [-0.15, -0.1) is 0 Å². The third-order valence-corrected chi connectivity index (χ3v) is 1.72. The molecule has 1 N–H and O–H groups in total. The summed E-state index contributed by atoms with van der Waals surface area (Å²) in [5.41, 5.74) is 0.112. The lowest BCUT2D eigenvalue weighted by Gasteiger charge is -2.16. The topological polar surface area (TPSA) is 72.8 Å². The highest BCUT2D eigenvalue weighted by molar-refractivity contribution is 5.98. The molecule has 13 heavy (non-hydrogen) atoms. The lowest BCUT2D eigenvalue weighted by atomic mass is 10.1. The second-order valence-corrected chi connectivity index (χ2v) is 2.56. The Morgan fingerprint density at radius 3 is 2.77 bits per heavy atom. The van der Waals surface area contributed by atoms with E-state index in [9.17, 15) is 9.59 Å². The number of rotatable bonds is 2. The number of hydrogen-bond acceptors (Lipinski definition) is 4. The van der Waals surface area contributed by atoms with Gasteiger partial charge in [-0.05, 0) is 12.8 Å². The predicted molar refractivity (Wildman–Crippen MR) is 41.9 cm³/mol. The maximum atomic E-state index is 11.1. The Balaban J connectivity index is 2.96. The van der Waals surface area contributed by atoms with Crippen molar-refractivity contribution in [1.29, 1.82) is 0 Å². The van der Waals surface area contributed by atoms with Crippen LogP contribution in [0.1, 0.15) is 12.8 Å². The van der Waals surface area contributed by atoms with Gasteiger partial charge in [0.15, 0.2) is 0 Å². The Labute approximate surface area is 74.9 Å². The molecule has 0 saturated heterocycles. The number of carbonyl (C=O) groups excluding carboxylic acids is 1. The van der Waals surface area contributed by atoms with Crippen molar-refractivity contribution in [2.45, 2.75) is 12.8 Å². The molecular weight excluding hydrogens is 176 g/mol. The number of ether oxygens (including phenoxy) is 2. The molecule has 0 radical (unpaired) electrons. The van der Waals surface area contributed by atoms with E-state index in [1.165, 1.54) is 7.11 Å². The maximum Gasteiger partial charge on any atom is 0.371 e. The summed E-state index contributed by atoms with van der Waals surface area (Å²) in [7, 11) is 1.21. The second-order valence-electron chi connectivity index (χ2n) is 2.56. The summed E-state index contributed by atoms with van der Waals surface area (Å²) in [6.45, 7) is 0.335. The molecule has 0 aromatic rings. The number of carbonyl (C=O) groups is 2. The molecule has 0 aromatic carbocycles. The van der Waals surface area contributed by atoms with E-state index in [1.807, 2.05) is 0 Å². The van der Waals surface area contributed by atoms with Crippen LogP contribution in [0, 0.1) is 0 Å². The highest BCUT2D eigenvalue weighted by atomic mass is 16.5. The number of carboxylic acid groups (broad SMARTS) is 1. The summed E-state index contributed by atoms with van der Waals surface area (Å²) in [5.74, 6) is -2.13. The van der Waals surface area contributed by atoms with Crippen LogP contribution >= 0.6 is 0 Å². The maximum absolute atomic E-state index is 11.1. The summed E-state index contributed by atoms with van der Waals surface area (Å²) in [5, 5.41) is 8.66. The molecule has 0 unspecified atom stereocenters. The number of hydrogen-bond donors (Lipinski definition) is 1. The molecule has 1 aliphatic heterocycles. The van der Waals surface area contributed by atoms with E-state index in [0.717, 1.165) is 0 Å². The van der Waals surface area contributed by atoms with Gasteiger partial charge in [-0.25, -0.2) is 9.59 Å². The molecular formula is C8H10O5. The standard InChI is InChI=1S/C8H10O5/c1-12-8(11)5-3-2-4-13-6(5)7(9)10/h2-4H2,1H3,(H,9,10). The minimum absolute atomic E-state index is 0.112. The van der Waals surface area contributed by atoms with Gasteiger partial charge in [0.05, 0.1) is 19.3 Å². The van der Waals surface area contributed by atoms with Gasteiger partial charge in [0.1, 0.15) is 0 Å². The van der Waals surface area contributed by atoms with Crippen LogP contribution in [0.15, 0.2) is 11.3 Å². The SMILES string of the molecule is COC(=O)C1=C(C(=O)O)OCCC1. The van der Waals surface area contributed by atoms with Gasteiger partial charge in [0.25, 0.3) is 0 Å². The van der Waals surface area contributed by atoms with E-state index < -0.39 is 11.9 Å². The molecule has 0 spiro atoms. The largest absolute Gasteiger partial charge is 0.486 e. The summed E-state index contributed by atoms with van der Waals surface area (Å²) in [6, 6.07) is 0. The van der Waals surface area contributed by atoms with Crippen LogP contribution in [-0.2, 0) is 19.1 Å². The first kappa shape index (κ1) is 9.57. The Bertz CT molecular complexity index is 266. The van der Waals surface area contributed by atoms with Crippen LogP contribution in [0.4, 0.5) is 0 Å². The molecule has 1 aliphatic rings. The van der Waals surface area contributed by atoms with Gasteiger partial charge in [-0.1, -0.05) is 0 Å². The van der Waals surface area contributed by atoms with Gasteiger partial charge >= 0.3 is 11.9 Å². The first-order valence-corrected chi connectivity index (χ1v) is 3.84. The van der Waals surface area contributed by atoms with Crippen molar-refractivity contribution in [2.75, 3.05) is 13.7 Å². The quantitative estimate of drug-likeness (QED) is 0.628. The van der Waals surface area contributed by atoms with Gasteiger partial charge < -0.3 is 14.6 Å². The molecule has 0 atom stereocenters. The minimum Gasteiger partial charge on any atom is -0.486 e. The van der Waals surface area contributed by atoms with Crippen molar-refractivity contribution in [2.24, 2.45) is 0 Å². The first-order chi connectivity index (χ1) is 6.16. The highest BCUT2D eigenvalue weighted by Crippen LogP contribution is 2.20. The fraction of sp³-hybridized carbons (Fsp3) is 0.500. The van der Waals surface area contributed by atoms with Gasteiger partial charge in [-0.3, -0.25) is 0 Å². The number of carboxylic acids is 1. The van der Waals surface area contributed by atoms with E-state index in [4.69, 9.17) is 9.84 Å². The Morgan fingerprint density at radius 1 is 1.54 bits per heavy atom. The predicted octanol–water partition coefficient (Wildman–Crippen LogP) is 0.308. The zero-order valence-corrected chi connectivity index (χ0v) is 7.20. The summed E-state index contributed by atoms with van der Waals surface area (Å²) >= 11 is 0. The zero-order chi connectivity index (χ0) is 9.84. The fourth-order valence-electron chi connectivity index (χ4n) is 1.13. The Hall–Kier alpha value is -1.52. The molecule has 0 amide bonds. The molecule has 72 valence electrons. The lowest BCUT2D eigenvalue weighted by Crippen LogP contribution is -2.20. The Morgan fingerprint density at radius 2 is 2.23 bits per heavy atom. The summed E-state index contributed by atoms with van der Waals surface area (Å²) < 4.78 is 9.28. The van der Waals surface area contributed by atoms with Crippen molar-refractivity contribution in [3.63, 3.8) is 0 Å². The minimum atomic E-state index is -1.22. The third kappa shape index (κ3) is 1.99. The van der Waals surface area contributed by atoms with E-state index >= 15 is 0 Å². The molecule has 0 aliphatic carbocycles. The molecule has 5 nitrogen and oxygen atoms in total. The van der Waals surface area contributed by atoms with Crippen molar-refractivity contribution in [3.8, 4) is 0 Å². The average Bonchev–Trinajstić information content (AvgIpc) is 2.16. The van der Waals surface area contributed by atoms with Gasteiger partial charge in [0.2, 0.25) is 5.76 Å². The van der Waals surface area contributed by atoms with Gasteiger partial charge in [-0.2, -0.15) is 0 Å².